The molecule has 1 saturated heterocycles. The van der Waals surface area contributed by atoms with Crippen molar-refractivity contribution in [2.75, 3.05) is 65.7 Å². The van der Waals surface area contributed by atoms with Crippen LogP contribution in [-0.4, -0.2) is 90.3 Å². The first-order valence-corrected chi connectivity index (χ1v) is 16.2. The number of nitrogens with one attached hydrogen (secondary N) is 1. The van der Waals surface area contributed by atoms with E-state index in [9.17, 15) is 4.79 Å². The van der Waals surface area contributed by atoms with E-state index in [1.165, 1.54) is 26.0 Å². The van der Waals surface area contributed by atoms with Gasteiger partial charge in [-0.1, -0.05) is 41.4 Å². The number of nitrogens with two attached hydrogens (primary N) is 1. The molecule has 2 aromatic carbocycles. The lowest BCUT2D eigenvalue weighted by molar-refractivity contribution is 0.0341. The van der Waals surface area contributed by atoms with Crippen molar-refractivity contribution < 1.29 is 19.0 Å². The summed E-state index contributed by atoms with van der Waals surface area (Å²) in [5.74, 6) is 1.43. The first-order valence-electron chi connectivity index (χ1n) is 15.4. The van der Waals surface area contributed by atoms with Crippen LogP contribution in [0.2, 0.25) is 10.0 Å². The molecule has 3 N–H and O–H groups in total. The lowest BCUT2D eigenvalue weighted by atomic mass is 9.99. The standard InChI is InChI=1S/C27H25Cl2N5O4.C8H13N3/c1-36-19-13-20(37-2)24(29)22(23(19)28)17-4-5-18(26-25(17)30-7-8-31-26)27(35)33-21-6-3-16(14-32-21)15-34-9-11-38-12-10-34;1-11(2)6-7-3-4-8(9)10-5-7/h3-8,13-14H,9-12,15H2,1-2H3,(H,32,33,35);3-5H,6H2,1-2H3,(H2,9,10). The number of pyridine rings is 2. The van der Waals surface area contributed by atoms with Crippen LogP contribution in [-0.2, 0) is 17.8 Å². The molecule has 12 nitrogen and oxygen atoms in total. The number of nitrogens with zero attached hydrogens (tertiary/aromatic N) is 6. The number of carbonyl (C=O) groups is 1. The minimum atomic E-state index is -0.365. The van der Waals surface area contributed by atoms with E-state index in [0.717, 1.165) is 45.0 Å². The van der Waals surface area contributed by atoms with Crippen LogP contribution >= 0.6 is 23.2 Å². The summed E-state index contributed by atoms with van der Waals surface area (Å²) in [6.07, 6.45) is 6.64. The van der Waals surface area contributed by atoms with E-state index in [1.807, 2.05) is 32.3 Å². The molecule has 0 saturated carbocycles. The van der Waals surface area contributed by atoms with E-state index in [-0.39, 0.29) is 5.91 Å². The zero-order valence-corrected chi connectivity index (χ0v) is 29.3. The van der Waals surface area contributed by atoms with Crippen LogP contribution < -0.4 is 20.5 Å². The molecule has 1 aliphatic heterocycles. The number of halogens is 2. The highest BCUT2D eigenvalue weighted by molar-refractivity contribution is 6.41. The maximum absolute atomic E-state index is 13.3. The molecule has 0 spiro atoms. The van der Waals surface area contributed by atoms with Crippen molar-refractivity contribution in [1.82, 2.24) is 29.7 Å². The summed E-state index contributed by atoms with van der Waals surface area (Å²) in [5.41, 5.74) is 9.91. The smallest absolute Gasteiger partial charge is 0.259 e. The molecule has 1 aliphatic rings. The van der Waals surface area contributed by atoms with E-state index in [4.69, 9.17) is 43.1 Å². The molecular formula is C35H38Cl2N8O4. The first kappa shape index (κ1) is 35.7. The third-order valence-corrected chi connectivity index (χ3v) is 8.39. The number of anilines is 2. The SMILES string of the molecule is CN(C)Cc1ccc(N)nc1.COc1cc(OC)c(Cl)c(-c2ccc(C(=O)Nc3ccc(CN4CCOCC4)cn3)c3nccnc23)c1Cl. The molecule has 6 rings (SSSR count). The van der Waals surface area contributed by atoms with Gasteiger partial charge in [0.25, 0.3) is 5.91 Å². The minimum absolute atomic E-state index is 0.295. The Morgan fingerprint density at radius 2 is 1.55 bits per heavy atom. The number of methoxy groups -OCH3 is 2. The second-order valence-electron chi connectivity index (χ2n) is 11.4. The molecule has 256 valence electrons. The zero-order valence-electron chi connectivity index (χ0n) is 27.7. The Morgan fingerprint density at radius 3 is 2.14 bits per heavy atom. The van der Waals surface area contributed by atoms with Crippen LogP contribution in [0.15, 0.2) is 67.3 Å². The van der Waals surface area contributed by atoms with Crippen molar-refractivity contribution in [3.63, 3.8) is 0 Å². The van der Waals surface area contributed by atoms with Gasteiger partial charge in [0.05, 0.1) is 48.6 Å². The maximum atomic E-state index is 13.3. The number of amides is 1. The number of carbonyl (C=O) groups excluding carboxylic acids is 1. The van der Waals surface area contributed by atoms with Gasteiger partial charge in [-0.25, -0.2) is 9.97 Å². The lowest BCUT2D eigenvalue weighted by Crippen LogP contribution is -2.35. The van der Waals surface area contributed by atoms with Crippen LogP contribution in [0, 0.1) is 0 Å². The molecule has 0 bridgehead atoms. The average molecular weight is 706 g/mol. The normalized spacial score (nSPS) is 13.1. The Kier molecular flexibility index (Phi) is 12.2. The van der Waals surface area contributed by atoms with Crippen LogP contribution in [0.1, 0.15) is 21.5 Å². The van der Waals surface area contributed by atoms with Gasteiger partial charge in [0.1, 0.15) is 28.7 Å². The summed E-state index contributed by atoms with van der Waals surface area (Å²) in [4.78, 5) is 35.0. The Bertz CT molecular complexity index is 1860. The maximum Gasteiger partial charge on any atom is 0.259 e. The number of aromatic nitrogens is 4. The third-order valence-electron chi connectivity index (χ3n) is 7.64. The Balaban J connectivity index is 0.000000363. The number of fused-ring (bicyclic) bond motifs is 1. The largest absolute Gasteiger partial charge is 0.495 e. The summed E-state index contributed by atoms with van der Waals surface area (Å²) in [6.45, 7) is 4.95. The van der Waals surface area contributed by atoms with E-state index < -0.39 is 0 Å². The Hall–Kier alpha value is -4.59. The number of hydrogen-bond donors (Lipinski definition) is 2. The number of ether oxygens (including phenoxy) is 3. The third kappa shape index (κ3) is 8.91. The molecule has 3 aromatic heterocycles. The number of benzene rings is 2. The van der Waals surface area contributed by atoms with Crippen LogP contribution in [0.3, 0.4) is 0 Å². The van der Waals surface area contributed by atoms with E-state index >= 15 is 0 Å². The summed E-state index contributed by atoms with van der Waals surface area (Å²) in [6, 6.07) is 12.6. The van der Waals surface area contributed by atoms with Gasteiger partial charge in [0.2, 0.25) is 0 Å². The van der Waals surface area contributed by atoms with E-state index in [2.05, 4.69) is 35.1 Å². The molecule has 0 radical (unpaired) electrons. The van der Waals surface area contributed by atoms with Crippen molar-refractivity contribution in [3.8, 4) is 22.6 Å². The fourth-order valence-corrected chi connectivity index (χ4v) is 5.96. The topological polar surface area (TPSA) is 141 Å². The van der Waals surface area contributed by atoms with Gasteiger partial charge in [-0.3, -0.25) is 19.7 Å². The average Bonchev–Trinajstić information content (AvgIpc) is 3.11. The number of hydrogen-bond acceptors (Lipinski definition) is 11. The molecule has 0 atom stereocenters. The minimum Gasteiger partial charge on any atom is -0.495 e. The summed E-state index contributed by atoms with van der Waals surface area (Å²) >= 11 is 13.3. The zero-order chi connectivity index (χ0) is 34.9. The Labute approximate surface area is 295 Å². The molecule has 1 fully saturated rings. The Morgan fingerprint density at radius 1 is 0.898 bits per heavy atom. The molecule has 4 heterocycles. The van der Waals surface area contributed by atoms with E-state index in [1.54, 1.807) is 42.9 Å². The van der Waals surface area contributed by atoms with Gasteiger partial charge in [-0.2, -0.15) is 0 Å². The van der Waals surface area contributed by atoms with Gasteiger partial charge in [0.15, 0.2) is 0 Å². The molecule has 14 heteroatoms. The molecule has 5 aromatic rings. The van der Waals surface area contributed by atoms with Gasteiger partial charge in [0, 0.05) is 68.2 Å². The van der Waals surface area contributed by atoms with Crippen molar-refractivity contribution in [2.45, 2.75) is 13.1 Å². The van der Waals surface area contributed by atoms with Gasteiger partial charge < -0.3 is 30.2 Å². The van der Waals surface area contributed by atoms with Crippen molar-refractivity contribution in [3.05, 3.63) is 94.0 Å². The predicted octanol–water partition coefficient (Wildman–Crippen LogP) is 5.83. The number of rotatable bonds is 9. The van der Waals surface area contributed by atoms with Gasteiger partial charge in [-0.05, 0) is 43.4 Å². The lowest BCUT2D eigenvalue weighted by Gasteiger charge is -2.26. The summed E-state index contributed by atoms with van der Waals surface area (Å²) in [7, 11) is 7.06. The second kappa shape index (κ2) is 16.7. The summed E-state index contributed by atoms with van der Waals surface area (Å²) in [5, 5.41) is 3.45. The fourth-order valence-electron chi connectivity index (χ4n) is 5.25. The van der Waals surface area contributed by atoms with Crippen LogP contribution in [0.25, 0.3) is 22.2 Å². The predicted molar refractivity (Wildman–Crippen MR) is 192 cm³/mol. The quantitative estimate of drug-likeness (QED) is 0.192. The van der Waals surface area contributed by atoms with Gasteiger partial charge >= 0.3 is 0 Å². The highest BCUT2D eigenvalue weighted by Crippen LogP contribution is 2.47. The summed E-state index contributed by atoms with van der Waals surface area (Å²) < 4.78 is 16.2. The van der Waals surface area contributed by atoms with Gasteiger partial charge in [-0.15, -0.1) is 0 Å². The highest BCUT2D eigenvalue weighted by Gasteiger charge is 2.23. The number of nitrogen functional groups attached to an aromatic ring is 1. The monoisotopic (exact) mass is 704 g/mol. The van der Waals surface area contributed by atoms with Crippen molar-refractivity contribution >= 4 is 51.8 Å². The fraction of sp³-hybridized carbons (Fsp3) is 0.286. The molecular weight excluding hydrogens is 667 g/mol. The first-order chi connectivity index (χ1) is 23.7. The van der Waals surface area contributed by atoms with Crippen molar-refractivity contribution in [2.24, 2.45) is 0 Å². The van der Waals surface area contributed by atoms with Crippen LogP contribution in [0.5, 0.6) is 11.5 Å². The highest BCUT2D eigenvalue weighted by atomic mass is 35.5. The molecule has 0 unspecified atom stereocenters. The molecule has 49 heavy (non-hydrogen) atoms. The second-order valence-corrected chi connectivity index (χ2v) is 12.2. The molecule has 1 amide bonds. The van der Waals surface area contributed by atoms with Crippen molar-refractivity contribution in [1.29, 1.82) is 0 Å². The molecule has 0 aliphatic carbocycles. The van der Waals surface area contributed by atoms with Crippen LogP contribution in [0.4, 0.5) is 11.6 Å². The van der Waals surface area contributed by atoms with E-state index in [0.29, 0.717) is 60.9 Å². The number of morpholine rings is 1.